The van der Waals surface area contributed by atoms with E-state index in [0.29, 0.717) is 12.0 Å². The van der Waals surface area contributed by atoms with E-state index in [1.165, 1.54) is 6.07 Å². The van der Waals surface area contributed by atoms with Gasteiger partial charge in [-0.1, -0.05) is 25.1 Å². The fourth-order valence-electron chi connectivity index (χ4n) is 2.15. The summed E-state index contributed by atoms with van der Waals surface area (Å²) in [7, 11) is 1.89. The zero-order valence-corrected chi connectivity index (χ0v) is 11.4. The number of aromatic nitrogens is 2. The van der Waals surface area contributed by atoms with E-state index < -0.39 is 0 Å². The summed E-state index contributed by atoms with van der Waals surface area (Å²) in [6.07, 6.45) is 3.63. The normalized spacial score (nSPS) is 12.6. The van der Waals surface area contributed by atoms with Crippen molar-refractivity contribution in [2.24, 2.45) is 7.05 Å². The van der Waals surface area contributed by atoms with Crippen LogP contribution < -0.4 is 5.32 Å². The van der Waals surface area contributed by atoms with Gasteiger partial charge in [0.05, 0.1) is 5.69 Å². The summed E-state index contributed by atoms with van der Waals surface area (Å²) in [6, 6.07) is 8.88. The van der Waals surface area contributed by atoms with Crippen LogP contribution >= 0.6 is 0 Å². The summed E-state index contributed by atoms with van der Waals surface area (Å²) >= 11 is 0. The van der Waals surface area contributed by atoms with Gasteiger partial charge in [0, 0.05) is 31.3 Å². The Morgan fingerprint density at radius 3 is 2.74 bits per heavy atom. The lowest BCUT2D eigenvalue weighted by Gasteiger charge is -2.18. The van der Waals surface area contributed by atoms with E-state index in [1.54, 1.807) is 10.7 Å². The zero-order chi connectivity index (χ0) is 13.7. The van der Waals surface area contributed by atoms with Crippen LogP contribution in [0.3, 0.4) is 0 Å². The third kappa shape index (κ3) is 3.64. The fraction of sp³-hybridized carbons (Fsp3) is 0.400. The number of aryl methyl sites for hydroxylation is 1. The molecule has 0 saturated heterocycles. The lowest BCUT2D eigenvalue weighted by molar-refractivity contribution is 0.491. The van der Waals surface area contributed by atoms with E-state index in [1.807, 2.05) is 31.4 Å². The van der Waals surface area contributed by atoms with Crippen molar-refractivity contribution in [1.29, 1.82) is 0 Å². The molecule has 0 amide bonds. The van der Waals surface area contributed by atoms with Crippen molar-refractivity contribution in [2.75, 3.05) is 6.54 Å². The predicted molar refractivity (Wildman–Crippen MR) is 74.3 cm³/mol. The number of rotatable bonds is 6. The molecule has 1 aromatic carbocycles. The van der Waals surface area contributed by atoms with Gasteiger partial charge in [0.2, 0.25) is 0 Å². The van der Waals surface area contributed by atoms with Gasteiger partial charge in [-0.15, -0.1) is 0 Å². The molecule has 2 aromatic rings. The van der Waals surface area contributed by atoms with E-state index >= 15 is 0 Å². The second-order valence-electron chi connectivity index (χ2n) is 4.71. The summed E-state index contributed by atoms with van der Waals surface area (Å²) < 4.78 is 15.7. The fourth-order valence-corrected chi connectivity index (χ4v) is 2.15. The molecule has 3 nitrogen and oxygen atoms in total. The molecule has 2 rings (SSSR count). The van der Waals surface area contributed by atoms with Crippen molar-refractivity contribution in [1.82, 2.24) is 15.1 Å². The molecule has 19 heavy (non-hydrogen) atoms. The third-order valence-electron chi connectivity index (χ3n) is 3.10. The molecule has 102 valence electrons. The Morgan fingerprint density at radius 1 is 1.32 bits per heavy atom. The summed E-state index contributed by atoms with van der Waals surface area (Å²) in [6.45, 7) is 2.97. The second kappa shape index (κ2) is 6.48. The predicted octanol–water partition coefficient (Wildman–Crippen LogP) is 2.84. The molecule has 1 aromatic heterocycles. The summed E-state index contributed by atoms with van der Waals surface area (Å²) in [4.78, 5) is 0. The van der Waals surface area contributed by atoms with Gasteiger partial charge in [-0.2, -0.15) is 5.10 Å². The average molecular weight is 261 g/mol. The quantitative estimate of drug-likeness (QED) is 0.866. The van der Waals surface area contributed by atoms with Gasteiger partial charge in [-0.3, -0.25) is 4.68 Å². The van der Waals surface area contributed by atoms with Gasteiger partial charge < -0.3 is 5.32 Å². The lowest BCUT2D eigenvalue weighted by atomic mass is 10.0. The highest BCUT2D eigenvalue weighted by Crippen LogP contribution is 2.20. The van der Waals surface area contributed by atoms with E-state index in [2.05, 4.69) is 17.3 Å². The van der Waals surface area contributed by atoms with E-state index in [9.17, 15) is 4.39 Å². The zero-order valence-electron chi connectivity index (χ0n) is 11.4. The van der Waals surface area contributed by atoms with Gasteiger partial charge in [-0.25, -0.2) is 4.39 Å². The van der Waals surface area contributed by atoms with E-state index in [0.717, 1.165) is 18.7 Å². The minimum atomic E-state index is -0.160. The highest BCUT2D eigenvalue weighted by Gasteiger charge is 2.16. The van der Waals surface area contributed by atoms with Gasteiger partial charge in [0.15, 0.2) is 0 Å². The molecule has 0 spiro atoms. The number of halogens is 1. The van der Waals surface area contributed by atoms with Crippen molar-refractivity contribution in [3.05, 3.63) is 53.6 Å². The Hall–Kier alpha value is -1.68. The highest BCUT2D eigenvalue weighted by atomic mass is 19.1. The molecule has 4 heteroatoms. The van der Waals surface area contributed by atoms with Crippen molar-refractivity contribution in [3.8, 4) is 0 Å². The number of nitrogens with zero attached hydrogens (tertiary/aromatic N) is 2. The van der Waals surface area contributed by atoms with Crippen LogP contribution in [-0.2, 0) is 13.5 Å². The first-order chi connectivity index (χ1) is 9.20. The molecule has 1 atom stereocenters. The molecule has 1 heterocycles. The number of benzene rings is 1. The Kier molecular flexibility index (Phi) is 4.68. The van der Waals surface area contributed by atoms with E-state index in [4.69, 9.17) is 0 Å². The lowest BCUT2D eigenvalue weighted by Crippen LogP contribution is -2.25. The smallest absolute Gasteiger partial charge is 0.127 e. The summed E-state index contributed by atoms with van der Waals surface area (Å²) in [5, 5.41) is 7.76. The van der Waals surface area contributed by atoms with Crippen LogP contribution in [0.15, 0.2) is 36.5 Å². The van der Waals surface area contributed by atoms with E-state index in [-0.39, 0.29) is 11.9 Å². The van der Waals surface area contributed by atoms with Crippen LogP contribution in [0.1, 0.15) is 30.6 Å². The summed E-state index contributed by atoms with van der Waals surface area (Å²) in [5.41, 5.74) is 1.68. The highest BCUT2D eigenvalue weighted by molar-refractivity contribution is 5.23. The SMILES string of the molecule is CCCNC(Cc1ccn(C)n1)c1ccccc1F. The maximum absolute atomic E-state index is 13.9. The number of hydrogen-bond acceptors (Lipinski definition) is 2. The number of hydrogen-bond donors (Lipinski definition) is 1. The molecule has 1 N–H and O–H groups in total. The van der Waals surface area contributed by atoms with Crippen LogP contribution in [0.4, 0.5) is 4.39 Å². The Morgan fingerprint density at radius 2 is 2.11 bits per heavy atom. The Labute approximate surface area is 113 Å². The molecular weight excluding hydrogens is 241 g/mol. The molecule has 0 bridgehead atoms. The molecule has 0 aliphatic carbocycles. The van der Waals surface area contributed by atoms with Gasteiger partial charge in [0.1, 0.15) is 5.82 Å². The second-order valence-corrected chi connectivity index (χ2v) is 4.71. The topological polar surface area (TPSA) is 29.9 Å². The maximum Gasteiger partial charge on any atom is 0.127 e. The monoisotopic (exact) mass is 261 g/mol. The minimum absolute atomic E-state index is 0.0314. The Bertz CT molecular complexity index is 522. The number of nitrogens with one attached hydrogen (secondary N) is 1. The molecular formula is C15H20FN3. The van der Waals surface area contributed by atoms with Crippen molar-refractivity contribution >= 4 is 0 Å². The Balaban J connectivity index is 2.18. The van der Waals surface area contributed by atoms with Crippen molar-refractivity contribution in [2.45, 2.75) is 25.8 Å². The average Bonchev–Trinajstić information content (AvgIpc) is 2.81. The maximum atomic E-state index is 13.9. The standard InChI is InChI=1S/C15H20FN3/c1-3-9-17-15(11-12-8-10-19(2)18-12)13-6-4-5-7-14(13)16/h4-8,10,15,17H,3,9,11H2,1-2H3. The summed E-state index contributed by atoms with van der Waals surface area (Å²) in [5.74, 6) is -0.160. The molecule has 0 fully saturated rings. The van der Waals surface area contributed by atoms with Gasteiger partial charge >= 0.3 is 0 Å². The van der Waals surface area contributed by atoms with Crippen molar-refractivity contribution in [3.63, 3.8) is 0 Å². The molecule has 0 aliphatic heterocycles. The largest absolute Gasteiger partial charge is 0.310 e. The van der Waals surface area contributed by atoms with Crippen LogP contribution in [0.25, 0.3) is 0 Å². The molecule has 0 radical (unpaired) electrons. The first-order valence-corrected chi connectivity index (χ1v) is 6.67. The van der Waals surface area contributed by atoms with Gasteiger partial charge in [-0.05, 0) is 25.1 Å². The first kappa shape index (κ1) is 13.7. The van der Waals surface area contributed by atoms with Crippen LogP contribution in [-0.4, -0.2) is 16.3 Å². The molecule has 0 aliphatic rings. The van der Waals surface area contributed by atoms with Crippen LogP contribution in [0.2, 0.25) is 0 Å². The van der Waals surface area contributed by atoms with Crippen LogP contribution in [0.5, 0.6) is 0 Å². The minimum Gasteiger partial charge on any atom is -0.310 e. The molecule has 1 unspecified atom stereocenters. The first-order valence-electron chi connectivity index (χ1n) is 6.67. The van der Waals surface area contributed by atoms with Crippen LogP contribution in [0, 0.1) is 5.82 Å². The third-order valence-corrected chi connectivity index (χ3v) is 3.10. The van der Waals surface area contributed by atoms with Crippen molar-refractivity contribution < 1.29 is 4.39 Å². The van der Waals surface area contributed by atoms with Gasteiger partial charge in [0.25, 0.3) is 0 Å². The molecule has 0 saturated carbocycles.